The van der Waals surface area contributed by atoms with E-state index in [2.05, 4.69) is 13.0 Å². The molecule has 4 rings (SSSR count). The Bertz CT molecular complexity index is 1080. The van der Waals surface area contributed by atoms with Gasteiger partial charge in [-0.1, -0.05) is 57.9 Å². The van der Waals surface area contributed by atoms with E-state index in [0.29, 0.717) is 42.3 Å². The van der Waals surface area contributed by atoms with Crippen molar-refractivity contribution in [1.82, 2.24) is 0 Å². The van der Waals surface area contributed by atoms with E-state index in [-0.39, 0.29) is 17.9 Å². The van der Waals surface area contributed by atoms with Gasteiger partial charge < -0.3 is 15.3 Å². The number of aryl methyl sites for hydroxylation is 1. The number of benzene rings is 1. The van der Waals surface area contributed by atoms with E-state index in [9.17, 15) is 42.1 Å². The monoisotopic (exact) mass is 616 g/mol. The maximum absolute atomic E-state index is 13.1. The van der Waals surface area contributed by atoms with Gasteiger partial charge >= 0.3 is 18.1 Å². The van der Waals surface area contributed by atoms with Gasteiger partial charge in [-0.25, -0.2) is 0 Å². The fraction of sp³-hybridized carbons (Fsp3) is 0.794. The molecule has 0 spiro atoms. The van der Waals surface area contributed by atoms with Gasteiger partial charge in [-0.3, -0.25) is 4.79 Å². The highest BCUT2D eigenvalue weighted by molar-refractivity contribution is 5.69. The molecule has 244 valence electrons. The Morgan fingerprint density at radius 2 is 1.60 bits per heavy atom. The molecule has 0 bridgehead atoms. The van der Waals surface area contributed by atoms with Crippen LogP contribution in [0.2, 0.25) is 0 Å². The Labute approximate surface area is 252 Å². The number of aromatic hydroxyl groups is 1. The van der Waals surface area contributed by atoms with E-state index in [4.69, 9.17) is 0 Å². The summed E-state index contributed by atoms with van der Waals surface area (Å²) in [5.41, 5.74) is 2.65. The number of hydrogen-bond donors (Lipinski definition) is 3. The minimum atomic E-state index is -5.60. The number of alkyl halides is 5. The molecular formula is C34H49F5O4. The topological polar surface area (TPSA) is 77.8 Å². The van der Waals surface area contributed by atoms with Gasteiger partial charge in [-0.15, -0.1) is 0 Å². The summed E-state index contributed by atoms with van der Waals surface area (Å²) in [6.07, 6.45) is 5.37. The standard InChI is InChI=1S/C34H49F5O4/c1-32-21-24(30-26-16-14-25(40)20-23(26)13-15-27(30)28(32)17-18-29(32)41)11-8-6-4-2-3-5-7-10-22(31(42)43)12-9-19-33(35,36)34(37,38)39/h14,16,20,22,24,27-30,40-41H,2-13,15,17-19,21H2,1H3,(H,42,43)/t22?,24-,27-,28-,29-,30+,32-/m0/s1. The van der Waals surface area contributed by atoms with E-state index in [0.717, 1.165) is 77.0 Å². The summed E-state index contributed by atoms with van der Waals surface area (Å²) in [4.78, 5) is 11.5. The highest BCUT2D eigenvalue weighted by atomic mass is 19.4. The van der Waals surface area contributed by atoms with E-state index in [1.165, 1.54) is 11.1 Å². The number of aliphatic hydroxyl groups is 1. The molecule has 3 aliphatic rings. The second-order valence-electron chi connectivity index (χ2n) is 14.0. The zero-order valence-electron chi connectivity index (χ0n) is 25.4. The molecule has 2 fully saturated rings. The number of halogens is 5. The highest BCUT2D eigenvalue weighted by Crippen LogP contribution is 2.63. The largest absolute Gasteiger partial charge is 0.508 e. The Morgan fingerprint density at radius 1 is 0.953 bits per heavy atom. The first-order valence-electron chi connectivity index (χ1n) is 16.4. The second kappa shape index (κ2) is 14.0. The first-order chi connectivity index (χ1) is 20.2. The number of phenols is 1. The molecule has 0 aliphatic heterocycles. The SMILES string of the molecule is C[C@]12C[C@H](CCCCCCCCCC(CCCC(F)(F)C(F)(F)F)C(=O)O)[C@@H]3c4ccc(O)cc4CC[C@H]3[C@@H]1CC[C@@H]2O. The lowest BCUT2D eigenvalue weighted by Gasteiger charge is -2.54. The molecule has 1 aromatic rings. The van der Waals surface area contributed by atoms with Crippen molar-refractivity contribution in [2.75, 3.05) is 0 Å². The second-order valence-corrected chi connectivity index (χ2v) is 14.0. The van der Waals surface area contributed by atoms with Crippen LogP contribution in [-0.4, -0.2) is 39.5 Å². The molecule has 7 atom stereocenters. The van der Waals surface area contributed by atoms with Crippen molar-refractivity contribution >= 4 is 5.97 Å². The number of carbonyl (C=O) groups is 1. The molecule has 3 N–H and O–H groups in total. The first kappa shape index (κ1) is 34.0. The van der Waals surface area contributed by atoms with Crippen molar-refractivity contribution in [3.8, 4) is 5.75 Å². The number of hydrogen-bond acceptors (Lipinski definition) is 3. The average Bonchev–Trinajstić information content (AvgIpc) is 3.23. The van der Waals surface area contributed by atoms with Gasteiger partial charge in [0.15, 0.2) is 0 Å². The maximum Gasteiger partial charge on any atom is 0.453 e. The Balaban J connectivity index is 1.18. The third-order valence-electron chi connectivity index (χ3n) is 11.2. The van der Waals surface area contributed by atoms with Gasteiger partial charge in [0.2, 0.25) is 0 Å². The van der Waals surface area contributed by atoms with Crippen molar-refractivity contribution in [2.24, 2.45) is 29.1 Å². The molecule has 4 nitrogen and oxygen atoms in total. The summed E-state index contributed by atoms with van der Waals surface area (Å²) in [5.74, 6) is -4.37. The van der Waals surface area contributed by atoms with Gasteiger partial charge in [-0.2, -0.15) is 22.0 Å². The average molecular weight is 617 g/mol. The number of carboxylic acids is 1. The highest BCUT2D eigenvalue weighted by Gasteiger charge is 2.58. The number of aliphatic carboxylic acids is 1. The van der Waals surface area contributed by atoms with Crippen LogP contribution < -0.4 is 0 Å². The number of rotatable bonds is 15. The van der Waals surface area contributed by atoms with Crippen molar-refractivity contribution in [1.29, 1.82) is 0 Å². The molecule has 0 heterocycles. The molecule has 2 saturated carbocycles. The molecule has 0 saturated heterocycles. The van der Waals surface area contributed by atoms with Gasteiger partial charge in [0, 0.05) is 6.42 Å². The lowest BCUT2D eigenvalue weighted by Crippen LogP contribution is -2.47. The van der Waals surface area contributed by atoms with Crippen LogP contribution in [0.15, 0.2) is 18.2 Å². The van der Waals surface area contributed by atoms with E-state index >= 15 is 0 Å². The molecule has 0 aromatic heterocycles. The zero-order chi connectivity index (χ0) is 31.4. The zero-order valence-corrected chi connectivity index (χ0v) is 25.4. The van der Waals surface area contributed by atoms with Crippen LogP contribution in [0.25, 0.3) is 0 Å². The third-order valence-corrected chi connectivity index (χ3v) is 11.2. The van der Waals surface area contributed by atoms with Gasteiger partial charge in [0.25, 0.3) is 0 Å². The van der Waals surface area contributed by atoms with Crippen LogP contribution in [0.5, 0.6) is 5.75 Å². The Hall–Kier alpha value is -1.90. The van der Waals surface area contributed by atoms with E-state index in [1.54, 1.807) is 0 Å². The van der Waals surface area contributed by atoms with Crippen LogP contribution in [0.1, 0.15) is 127 Å². The van der Waals surface area contributed by atoms with Crippen molar-refractivity contribution in [3.05, 3.63) is 29.3 Å². The number of phenolic OH excluding ortho intramolecular Hbond substituents is 1. The fourth-order valence-corrected chi connectivity index (χ4v) is 8.91. The van der Waals surface area contributed by atoms with Crippen LogP contribution in [0.3, 0.4) is 0 Å². The Kier molecular flexibility index (Phi) is 11.1. The van der Waals surface area contributed by atoms with E-state index in [1.807, 2.05) is 12.1 Å². The lowest BCUT2D eigenvalue weighted by molar-refractivity contribution is -0.284. The first-order valence-corrected chi connectivity index (χ1v) is 16.4. The van der Waals surface area contributed by atoms with Crippen molar-refractivity contribution < 1.29 is 42.1 Å². The normalized spacial score (nSPS) is 29.5. The number of unbranched alkanes of at least 4 members (excludes halogenated alkanes) is 6. The van der Waals surface area contributed by atoms with Crippen LogP contribution >= 0.6 is 0 Å². The minimum Gasteiger partial charge on any atom is -0.508 e. The number of fused-ring (bicyclic) bond motifs is 5. The number of carboxylic acid groups (broad SMARTS) is 1. The molecule has 43 heavy (non-hydrogen) atoms. The molecule has 1 unspecified atom stereocenters. The van der Waals surface area contributed by atoms with Crippen molar-refractivity contribution in [2.45, 2.75) is 140 Å². The summed E-state index contributed by atoms with van der Waals surface area (Å²) in [6.45, 7) is 2.30. The van der Waals surface area contributed by atoms with Crippen LogP contribution in [0.4, 0.5) is 22.0 Å². The Morgan fingerprint density at radius 3 is 2.28 bits per heavy atom. The maximum atomic E-state index is 13.1. The fourth-order valence-electron chi connectivity index (χ4n) is 8.91. The predicted molar refractivity (Wildman–Crippen MR) is 155 cm³/mol. The smallest absolute Gasteiger partial charge is 0.453 e. The summed E-state index contributed by atoms with van der Waals surface area (Å²) in [7, 11) is 0. The quantitative estimate of drug-likeness (QED) is 0.136. The van der Waals surface area contributed by atoms with Crippen molar-refractivity contribution in [3.63, 3.8) is 0 Å². The summed E-state index contributed by atoms with van der Waals surface area (Å²) < 4.78 is 63.2. The van der Waals surface area contributed by atoms with Gasteiger partial charge in [-0.05, 0) is 110 Å². The van der Waals surface area contributed by atoms with Crippen LogP contribution in [-0.2, 0) is 11.2 Å². The predicted octanol–water partition coefficient (Wildman–Crippen LogP) is 9.41. The molecule has 1 aromatic carbocycles. The lowest BCUT2D eigenvalue weighted by atomic mass is 9.51. The summed E-state index contributed by atoms with van der Waals surface area (Å²) in [5, 5.41) is 30.4. The minimum absolute atomic E-state index is 0.0206. The van der Waals surface area contributed by atoms with Gasteiger partial charge in [0.05, 0.1) is 12.0 Å². The molecule has 9 heteroatoms. The van der Waals surface area contributed by atoms with Crippen LogP contribution in [0, 0.1) is 29.1 Å². The summed E-state index contributed by atoms with van der Waals surface area (Å²) >= 11 is 0. The number of aliphatic hydroxyl groups excluding tert-OH is 1. The third kappa shape index (κ3) is 7.85. The summed E-state index contributed by atoms with van der Waals surface area (Å²) in [6, 6.07) is 5.89. The molecule has 3 aliphatic carbocycles. The van der Waals surface area contributed by atoms with E-state index < -0.39 is 36.8 Å². The molecule has 0 radical (unpaired) electrons. The molecular weight excluding hydrogens is 567 g/mol. The van der Waals surface area contributed by atoms with Gasteiger partial charge in [0.1, 0.15) is 5.75 Å². The molecule has 0 amide bonds.